The Morgan fingerprint density at radius 2 is 1.83 bits per heavy atom. The van der Waals surface area contributed by atoms with Crippen LogP contribution in [0.5, 0.6) is 0 Å². The molecule has 1 N–H and O–H groups in total. The van der Waals surface area contributed by atoms with Crippen molar-refractivity contribution in [1.82, 2.24) is 4.98 Å². The number of rotatable bonds is 5. The molecular formula is C16H21N2+. The highest BCUT2D eigenvalue weighted by atomic mass is 15.1. The molecule has 0 bridgehead atoms. The van der Waals surface area contributed by atoms with Crippen LogP contribution in [0.3, 0.4) is 0 Å². The lowest BCUT2D eigenvalue weighted by Gasteiger charge is -2.13. The third-order valence-corrected chi connectivity index (χ3v) is 3.16. The number of quaternary nitrogens is 1. The standard InChI is InChI=1S/C16H20N2/c1-14-6-8-15(9-7-14)13-18(2)12-10-16-5-3-4-11-17-16/h3-9,11H,10,12-13H2,1-2H3/p+1. The topological polar surface area (TPSA) is 17.3 Å². The number of hydrogen-bond acceptors (Lipinski definition) is 1. The highest BCUT2D eigenvalue weighted by Crippen LogP contribution is 2.01. The van der Waals surface area contributed by atoms with Crippen LogP contribution in [0.15, 0.2) is 48.7 Å². The fraction of sp³-hybridized carbons (Fsp3) is 0.312. The van der Waals surface area contributed by atoms with Crippen molar-refractivity contribution < 1.29 is 4.90 Å². The van der Waals surface area contributed by atoms with Gasteiger partial charge >= 0.3 is 0 Å². The molecule has 0 fully saturated rings. The Hall–Kier alpha value is -1.67. The highest BCUT2D eigenvalue weighted by molar-refractivity contribution is 5.20. The lowest BCUT2D eigenvalue weighted by molar-refractivity contribution is -0.893. The normalized spacial score (nSPS) is 12.3. The smallest absolute Gasteiger partial charge is 0.103 e. The van der Waals surface area contributed by atoms with E-state index in [1.54, 1.807) is 0 Å². The maximum atomic E-state index is 4.36. The summed E-state index contributed by atoms with van der Waals surface area (Å²) >= 11 is 0. The van der Waals surface area contributed by atoms with E-state index in [2.05, 4.69) is 55.4 Å². The van der Waals surface area contributed by atoms with Crippen molar-refractivity contribution >= 4 is 0 Å². The Bertz CT molecular complexity index is 462. The fourth-order valence-electron chi connectivity index (χ4n) is 2.03. The van der Waals surface area contributed by atoms with Crippen LogP contribution in [-0.4, -0.2) is 18.6 Å². The minimum Gasteiger partial charge on any atom is -0.333 e. The Balaban J connectivity index is 1.82. The molecule has 94 valence electrons. The van der Waals surface area contributed by atoms with Crippen LogP contribution in [0.4, 0.5) is 0 Å². The van der Waals surface area contributed by atoms with Gasteiger partial charge in [-0.2, -0.15) is 0 Å². The van der Waals surface area contributed by atoms with Gasteiger partial charge in [-0.1, -0.05) is 35.9 Å². The number of pyridine rings is 1. The fourth-order valence-corrected chi connectivity index (χ4v) is 2.03. The molecule has 2 nitrogen and oxygen atoms in total. The van der Waals surface area contributed by atoms with Crippen molar-refractivity contribution in [3.05, 3.63) is 65.5 Å². The van der Waals surface area contributed by atoms with Gasteiger partial charge < -0.3 is 4.90 Å². The summed E-state index contributed by atoms with van der Waals surface area (Å²) in [6.45, 7) is 4.32. The van der Waals surface area contributed by atoms with E-state index >= 15 is 0 Å². The second-order valence-electron chi connectivity index (χ2n) is 4.94. The first-order valence-corrected chi connectivity index (χ1v) is 6.51. The average molecular weight is 241 g/mol. The second kappa shape index (κ2) is 6.31. The molecule has 2 heteroatoms. The zero-order valence-corrected chi connectivity index (χ0v) is 11.2. The van der Waals surface area contributed by atoms with Crippen molar-refractivity contribution in [3.63, 3.8) is 0 Å². The summed E-state index contributed by atoms with van der Waals surface area (Å²) in [5, 5.41) is 0. The lowest BCUT2D eigenvalue weighted by Crippen LogP contribution is -3.07. The first kappa shape index (κ1) is 12.8. The predicted molar refractivity (Wildman–Crippen MR) is 74.6 cm³/mol. The molecule has 0 saturated carbocycles. The predicted octanol–water partition coefficient (Wildman–Crippen LogP) is 1.65. The summed E-state index contributed by atoms with van der Waals surface area (Å²) in [6, 6.07) is 14.9. The van der Waals surface area contributed by atoms with Gasteiger partial charge in [0.1, 0.15) is 6.54 Å². The summed E-state index contributed by atoms with van der Waals surface area (Å²) in [6.07, 6.45) is 2.91. The summed E-state index contributed by atoms with van der Waals surface area (Å²) < 4.78 is 0. The molecule has 1 unspecified atom stereocenters. The molecule has 1 aromatic carbocycles. The van der Waals surface area contributed by atoms with Crippen LogP contribution < -0.4 is 4.90 Å². The largest absolute Gasteiger partial charge is 0.333 e. The van der Waals surface area contributed by atoms with E-state index in [1.807, 2.05) is 12.3 Å². The van der Waals surface area contributed by atoms with Gasteiger partial charge in [0.25, 0.3) is 0 Å². The number of nitrogens with zero attached hydrogens (tertiary/aromatic N) is 1. The van der Waals surface area contributed by atoms with Crippen LogP contribution in [0, 0.1) is 6.92 Å². The maximum absolute atomic E-state index is 4.36. The second-order valence-corrected chi connectivity index (χ2v) is 4.94. The first-order chi connectivity index (χ1) is 8.74. The summed E-state index contributed by atoms with van der Waals surface area (Å²) in [5.41, 5.74) is 3.91. The van der Waals surface area contributed by atoms with E-state index < -0.39 is 0 Å². The van der Waals surface area contributed by atoms with Gasteiger partial charge in [-0.3, -0.25) is 4.98 Å². The number of aryl methyl sites for hydroxylation is 1. The zero-order valence-electron chi connectivity index (χ0n) is 11.2. The van der Waals surface area contributed by atoms with Gasteiger partial charge in [0.15, 0.2) is 0 Å². The van der Waals surface area contributed by atoms with Crippen LogP contribution in [0.25, 0.3) is 0 Å². The Morgan fingerprint density at radius 3 is 2.50 bits per heavy atom. The van der Waals surface area contributed by atoms with Crippen LogP contribution >= 0.6 is 0 Å². The van der Waals surface area contributed by atoms with E-state index in [1.165, 1.54) is 21.7 Å². The molecule has 0 radical (unpaired) electrons. The molecule has 0 aliphatic carbocycles. The minimum atomic E-state index is 1.04. The number of aromatic nitrogens is 1. The van der Waals surface area contributed by atoms with Crippen molar-refractivity contribution in [1.29, 1.82) is 0 Å². The van der Waals surface area contributed by atoms with Gasteiger partial charge in [0, 0.05) is 23.9 Å². The van der Waals surface area contributed by atoms with E-state index in [0.29, 0.717) is 0 Å². The van der Waals surface area contributed by atoms with Gasteiger partial charge in [0.05, 0.1) is 13.6 Å². The van der Waals surface area contributed by atoms with Gasteiger partial charge in [-0.15, -0.1) is 0 Å². The van der Waals surface area contributed by atoms with E-state index in [4.69, 9.17) is 0 Å². The minimum absolute atomic E-state index is 1.04. The summed E-state index contributed by atoms with van der Waals surface area (Å²) in [7, 11) is 2.24. The summed E-state index contributed by atoms with van der Waals surface area (Å²) in [5.74, 6) is 0. The molecule has 0 aliphatic rings. The number of benzene rings is 1. The quantitative estimate of drug-likeness (QED) is 0.842. The van der Waals surface area contributed by atoms with Crippen LogP contribution in [-0.2, 0) is 13.0 Å². The van der Waals surface area contributed by atoms with E-state index in [9.17, 15) is 0 Å². The van der Waals surface area contributed by atoms with E-state index in [-0.39, 0.29) is 0 Å². The summed E-state index contributed by atoms with van der Waals surface area (Å²) in [4.78, 5) is 5.87. The number of nitrogens with one attached hydrogen (secondary N) is 1. The SMILES string of the molecule is Cc1ccc(C[NH+](C)CCc2ccccn2)cc1. The number of hydrogen-bond donors (Lipinski definition) is 1. The van der Waals surface area contributed by atoms with Crippen LogP contribution in [0.1, 0.15) is 16.8 Å². The van der Waals surface area contributed by atoms with Crippen molar-refractivity contribution in [2.45, 2.75) is 19.9 Å². The maximum Gasteiger partial charge on any atom is 0.103 e. The van der Waals surface area contributed by atoms with Gasteiger partial charge in [0.2, 0.25) is 0 Å². The average Bonchev–Trinajstić information content (AvgIpc) is 2.40. The molecule has 18 heavy (non-hydrogen) atoms. The Kier molecular flexibility index (Phi) is 4.48. The third-order valence-electron chi connectivity index (χ3n) is 3.16. The van der Waals surface area contributed by atoms with Crippen LogP contribution in [0.2, 0.25) is 0 Å². The lowest BCUT2D eigenvalue weighted by atomic mass is 10.1. The van der Waals surface area contributed by atoms with Crippen molar-refractivity contribution in [3.8, 4) is 0 Å². The first-order valence-electron chi connectivity index (χ1n) is 6.51. The molecule has 0 aliphatic heterocycles. The van der Waals surface area contributed by atoms with Crippen molar-refractivity contribution in [2.75, 3.05) is 13.6 Å². The molecule has 2 rings (SSSR count). The molecule has 0 saturated heterocycles. The molecular weight excluding hydrogens is 220 g/mol. The monoisotopic (exact) mass is 241 g/mol. The van der Waals surface area contributed by atoms with Gasteiger partial charge in [-0.05, 0) is 19.1 Å². The molecule has 2 aromatic rings. The Morgan fingerprint density at radius 1 is 1.06 bits per heavy atom. The molecule has 1 atom stereocenters. The highest BCUT2D eigenvalue weighted by Gasteiger charge is 2.04. The van der Waals surface area contributed by atoms with E-state index in [0.717, 1.165) is 19.5 Å². The molecule has 1 heterocycles. The molecule has 0 spiro atoms. The Labute approximate surface area is 109 Å². The third kappa shape index (κ3) is 3.97. The molecule has 1 aromatic heterocycles. The number of likely N-dealkylation sites (N-methyl/N-ethyl adjacent to an activating group) is 1. The molecule has 0 amide bonds. The van der Waals surface area contributed by atoms with Gasteiger partial charge in [-0.25, -0.2) is 0 Å². The zero-order chi connectivity index (χ0) is 12.8. The van der Waals surface area contributed by atoms with Crippen molar-refractivity contribution in [2.24, 2.45) is 0 Å².